The number of aromatic nitrogens is 1. The third kappa shape index (κ3) is 5.11. The van der Waals surface area contributed by atoms with Crippen LogP contribution >= 0.6 is 0 Å². The minimum atomic E-state index is -4.08. The predicted octanol–water partition coefficient (Wildman–Crippen LogP) is 2.55. The zero-order valence-corrected chi connectivity index (χ0v) is 9.09. The van der Waals surface area contributed by atoms with Crippen LogP contribution in [0.15, 0.2) is 24.5 Å². The van der Waals surface area contributed by atoms with Crippen LogP contribution < -0.4 is 5.32 Å². The molecule has 1 rings (SSSR count). The van der Waals surface area contributed by atoms with Gasteiger partial charge < -0.3 is 5.32 Å². The average Bonchev–Trinajstić information content (AvgIpc) is 2.24. The third-order valence-corrected chi connectivity index (χ3v) is 2.39. The molecule has 0 amide bonds. The zero-order chi connectivity index (χ0) is 12.0. The molecule has 0 aromatic carbocycles. The van der Waals surface area contributed by atoms with Gasteiger partial charge in [-0.25, -0.2) is 0 Å². The van der Waals surface area contributed by atoms with Crippen molar-refractivity contribution in [3.05, 3.63) is 30.1 Å². The normalized spacial score (nSPS) is 13.8. The summed E-state index contributed by atoms with van der Waals surface area (Å²) < 4.78 is 36.2. The summed E-state index contributed by atoms with van der Waals surface area (Å²) >= 11 is 0. The Kier molecular flexibility index (Phi) is 4.73. The lowest BCUT2D eigenvalue weighted by Crippen LogP contribution is -2.29. The second-order valence-electron chi connectivity index (χ2n) is 3.70. The molecule has 1 aromatic rings. The van der Waals surface area contributed by atoms with Gasteiger partial charge in [-0.15, -0.1) is 0 Å². The minimum Gasteiger partial charge on any atom is -0.317 e. The highest BCUT2D eigenvalue weighted by atomic mass is 19.4. The Morgan fingerprint density at radius 2 is 2.19 bits per heavy atom. The van der Waals surface area contributed by atoms with Gasteiger partial charge in [0.1, 0.15) is 0 Å². The van der Waals surface area contributed by atoms with Crippen LogP contribution in [0.2, 0.25) is 0 Å². The van der Waals surface area contributed by atoms with Crippen molar-refractivity contribution in [2.45, 2.75) is 31.5 Å². The van der Waals surface area contributed by atoms with Gasteiger partial charge in [0.2, 0.25) is 0 Å². The molecule has 0 aliphatic carbocycles. The summed E-state index contributed by atoms with van der Waals surface area (Å²) in [6.45, 7) is 0. The predicted molar refractivity (Wildman–Crippen MR) is 56.1 cm³/mol. The molecule has 0 radical (unpaired) electrons. The van der Waals surface area contributed by atoms with E-state index in [1.54, 1.807) is 25.5 Å². The first-order valence-corrected chi connectivity index (χ1v) is 5.14. The SMILES string of the molecule is CNC(CCC(F)(F)F)Cc1cccnc1. The van der Waals surface area contributed by atoms with Crippen LogP contribution in [0.25, 0.3) is 0 Å². The number of rotatable bonds is 5. The molecule has 2 nitrogen and oxygen atoms in total. The van der Waals surface area contributed by atoms with Gasteiger partial charge in [0, 0.05) is 24.9 Å². The first-order valence-electron chi connectivity index (χ1n) is 5.14. The number of likely N-dealkylation sites (N-methyl/N-ethyl adjacent to an activating group) is 1. The Hall–Kier alpha value is -1.10. The lowest BCUT2D eigenvalue weighted by atomic mass is 10.0. The van der Waals surface area contributed by atoms with E-state index in [1.807, 2.05) is 6.07 Å². The quantitative estimate of drug-likeness (QED) is 0.843. The second kappa shape index (κ2) is 5.84. The summed E-state index contributed by atoms with van der Waals surface area (Å²) in [5.74, 6) is 0. The molecule has 0 fully saturated rings. The highest BCUT2D eigenvalue weighted by Crippen LogP contribution is 2.22. The van der Waals surface area contributed by atoms with Crippen molar-refractivity contribution in [2.24, 2.45) is 0 Å². The van der Waals surface area contributed by atoms with E-state index in [0.29, 0.717) is 6.42 Å². The Labute approximate surface area is 92.9 Å². The molecule has 0 spiro atoms. The maximum atomic E-state index is 12.1. The van der Waals surface area contributed by atoms with Gasteiger partial charge in [0.15, 0.2) is 0 Å². The van der Waals surface area contributed by atoms with Gasteiger partial charge in [-0.1, -0.05) is 6.07 Å². The molecule has 1 atom stereocenters. The number of hydrogen-bond acceptors (Lipinski definition) is 2. The van der Waals surface area contributed by atoms with Crippen molar-refractivity contribution in [1.82, 2.24) is 10.3 Å². The van der Waals surface area contributed by atoms with Crippen molar-refractivity contribution in [1.29, 1.82) is 0 Å². The standard InChI is InChI=1S/C11H15F3N2/c1-15-10(4-5-11(12,13)14)7-9-3-2-6-16-8-9/h2-3,6,8,10,15H,4-5,7H2,1H3. The van der Waals surface area contributed by atoms with Crippen LogP contribution in [-0.2, 0) is 6.42 Å². The van der Waals surface area contributed by atoms with Crippen molar-refractivity contribution in [3.63, 3.8) is 0 Å². The molecule has 1 unspecified atom stereocenters. The van der Waals surface area contributed by atoms with Crippen molar-refractivity contribution < 1.29 is 13.2 Å². The van der Waals surface area contributed by atoms with Crippen LogP contribution in [0.3, 0.4) is 0 Å². The molecule has 0 saturated carbocycles. The van der Waals surface area contributed by atoms with E-state index in [1.165, 1.54) is 0 Å². The minimum absolute atomic E-state index is 0.0922. The molecular weight excluding hydrogens is 217 g/mol. The lowest BCUT2D eigenvalue weighted by molar-refractivity contribution is -0.136. The maximum Gasteiger partial charge on any atom is 0.389 e. The number of nitrogens with zero attached hydrogens (tertiary/aromatic N) is 1. The molecule has 5 heteroatoms. The van der Waals surface area contributed by atoms with E-state index in [-0.39, 0.29) is 12.5 Å². The molecule has 0 aliphatic heterocycles. The van der Waals surface area contributed by atoms with Crippen LogP contribution in [0.1, 0.15) is 18.4 Å². The smallest absolute Gasteiger partial charge is 0.317 e. The number of hydrogen-bond donors (Lipinski definition) is 1. The van der Waals surface area contributed by atoms with Gasteiger partial charge in [-0.05, 0) is 31.5 Å². The second-order valence-corrected chi connectivity index (χ2v) is 3.70. The van der Waals surface area contributed by atoms with Gasteiger partial charge >= 0.3 is 6.18 Å². The molecular formula is C11H15F3N2. The summed E-state index contributed by atoms with van der Waals surface area (Å²) in [5, 5.41) is 2.90. The van der Waals surface area contributed by atoms with Gasteiger partial charge in [0.05, 0.1) is 0 Å². The van der Waals surface area contributed by atoms with E-state index in [2.05, 4.69) is 10.3 Å². The highest BCUT2D eigenvalue weighted by Gasteiger charge is 2.27. The molecule has 90 valence electrons. The van der Waals surface area contributed by atoms with Gasteiger partial charge in [-0.3, -0.25) is 4.98 Å². The molecule has 0 bridgehead atoms. The Bertz CT molecular complexity index is 298. The largest absolute Gasteiger partial charge is 0.389 e. The summed E-state index contributed by atoms with van der Waals surface area (Å²) in [4.78, 5) is 3.93. The van der Waals surface area contributed by atoms with E-state index in [9.17, 15) is 13.2 Å². The van der Waals surface area contributed by atoms with Crippen molar-refractivity contribution in [3.8, 4) is 0 Å². The Morgan fingerprint density at radius 1 is 1.44 bits per heavy atom. The van der Waals surface area contributed by atoms with E-state index in [0.717, 1.165) is 5.56 Å². The fourth-order valence-electron chi connectivity index (χ4n) is 1.49. The summed E-state index contributed by atoms with van der Waals surface area (Å²) in [7, 11) is 1.68. The summed E-state index contributed by atoms with van der Waals surface area (Å²) in [5.41, 5.74) is 0.948. The molecule has 0 aliphatic rings. The molecule has 16 heavy (non-hydrogen) atoms. The van der Waals surface area contributed by atoms with Crippen LogP contribution in [0.4, 0.5) is 13.2 Å². The van der Waals surface area contributed by atoms with Crippen LogP contribution in [-0.4, -0.2) is 24.2 Å². The fourth-order valence-corrected chi connectivity index (χ4v) is 1.49. The highest BCUT2D eigenvalue weighted by molar-refractivity contribution is 5.10. The van der Waals surface area contributed by atoms with Gasteiger partial charge in [-0.2, -0.15) is 13.2 Å². The molecule has 1 heterocycles. The molecule has 0 saturated heterocycles. The average molecular weight is 232 g/mol. The Balaban J connectivity index is 2.44. The summed E-state index contributed by atoms with van der Waals surface area (Å²) in [6, 6.07) is 3.49. The number of pyridine rings is 1. The topological polar surface area (TPSA) is 24.9 Å². The fraction of sp³-hybridized carbons (Fsp3) is 0.545. The lowest BCUT2D eigenvalue weighted by Gasteiger charge is -2.16. The zero-order valence-electron chi connectivity index (χ0n) is 9.09. The van der Waals surface area contributed by atoms with Crippen molar-refractivity contribution >= 4 is 0 Å². The van der Waals surface area contributed by atoms with Crippen LogP contribution in [0, 0.1) is 0 Å². The van der Waals surface area contributed by atoms with Gasteiger partial charge in [0.25, 0.3) is 0 Å². The molecule has 1 N–H and O–H groups in total. The first kappa shape index (κ1) is 13.0. The monoisotopic (exact) mass is 232 g/mol. The van der Waals surface area contributed by atoms with E-state index in [4.69, 9.17) is 0 Å². The Morgan fingerprint density at radius 3 is 2.69 bits per heavy atom. The number of nitrogens with one attached hydrogen (secondary N) is 1. The number of halogens is 3. The maximum absolute atomic E-state index is 12.1. The molecule has 1 aromatic heterocycles. The number of alkyl halides is 3. The van der Waals surface area contributed by atoms with E-state index >= 15 is 0 Å². The van der Waals surface area contributed by atoms with E-state index < -0.39 is 12.6 Å². The van der Waals surface area contributed by atoms with Crippen molar-refractivity contribution in [2.75, 3.05) is 7.05 Å². The van der Waals surface area contributed by atoms with Crippen LogP contribution in [0.5, 0.6) is 0 Å². The summed E-state index contributed by atoms with van der Waals surface area (Å²) in [6.07, 6.45) is -0.844. The third-order valence-electron chi connectivity index (χ3n) is 2.39. The first-order chi connectivity index (χ1) is 7.51.